The molecule has 0 saturated heterocycles. The quantitative estimate of drug-likeness (QED) is 0.453. The Morgan fingerprint density at radius 2 is 1.74 bits per heavy atom. The average Bonchev–Trinajstić information content (AvgIpc) is 2.78. The first-order chi connectivity index (χ1) is 15.0. The number of fused-ring (bicyclic) bond motifs is 1. The van der Waals surface area contributed by atoms with Crippen molar-refractivity contribution in [1.82, 2.24) is 15.3 Å². The highest BCUT2D eigenvalue weighted by Crippen LogP contribution is 2.28. The summed E-state index contributed by atoms with van der Waals surface area (Å²) in [5.74, 6) is 2.15. The van der Waals surface area contributed by atoms with Gasteiger partial charge < -0.3 is 15.5 Å². The van der Waals surface area contributed by atoms with Crippen LogP contribution in [0, 0.1) is 9.49 Å². The topological polar surface area (TPSA) is 70.2 Å². The molecule has 2 N–H and O–H groups in total. The van der Waals surface area contributed by atoms with E-state index in [1.807, 2.05) is 61.5 Å². The van der Waals surface area contributed by atoms with E-state index >= 15 is 0 Å². The fourth-order valence-corrected chi connectivity index (χ4v) is 4.46. The highest BCUT2D eigenvalue weighted by atomic mass is 127. The number of rotatable bonds is 6. The fourth-order valence-electron chi connectivity index (χ4n) is 4.10. The maximum atomic E-state index is 12.4. The third-order valence-electron chi connectivity index (χ3n) is 5.84. The van der Waals surface area contributed by atoms with E-state index in [9.17, 15) is 4.79 Å². The predicted octanol–water partition coefficient (Wildman–Crippen LogP) is 4.70. The van der Waals surface area contributed by atoms with Crippen LogP contribution in [0.4, 0.5) is 11.8 Å². The van der Waals surface area contributed by atoms with E-state index in [0.717, 1.165) is 58.1 Å². The Bertz CT molecular complexity index is 1050. The molecule has 0 radical (unpaired) electrons. The van der Waals surface area contributed by atoms with E-state index in [-0.39, 0.29) is 5.91 Å². The van der Waals surface area contributed by atoms with Crippen LogP contribution in [0.25, 0.3) is 10.9 Å². The lowest BCUT2D eigenvalue weighted by Gasteiger charge is -2.29. The number of amides is 1. The normalized spacial score (nSPS) is 18.5. The zero-order valence-corrected chi connectivity index (χ0v) is 20.1. The summed E-state index contributed by atoms with van der Waals surface area (Å²) in [4.78, 5) is 23.9. The summed E-state index contributed by atoms with van der Waals surface area (Å²) in [5, 5.41) is 7.71. The molecule has 0 spiro atoms. The number of anilines is 2. The van der Waals surface area contributed by atoms with E-state index in [0.29, 0.717) is 17.9 Å². The van der Waals surface area contributed by atoms with Crippen molar-refractivity contribution < 1.29 is 4.79 Å². The van der Waals surface area contributed by atoms with Crippen molar-refractivity contribution in [2.75, 3.05) is 30.9 Å². The number of halogens is 1. The average molecular weight is 529 g/mol. The van der Waals surface area contributed by atoms with Gasteiger partial charge in [-0.1, -0.05) is 12.1 Å². The molecule has 0 unspecified atom stereocenters. The maximum absolute atomic E-state index is 12.4. The second-order valence-electron chi connectivity index (χ2n) is 8.36. The smallest absolute Gasteiger partial charge is 0.251 e. The second kappa shape index (κ2) is 9.80. The number of hydrogen-bond acceptors (Lipinski definition) is 5. The summed E-state index contributed by atoms with van der Waals surface area (Å²) in [6.45, 7) is 0.731. The molecule has 4 rings (SSSR count). The number of nitrogens with one attached hydrogen (secondary N) is 2. The van der Waals surface area contributed by atoms with Gasteiger partial charge >= 0.3 is 0 Å². The van der Waals surface area contributed by atoms with Gasteiger partial charge in [-0.3, -0.25) is 4.79 Å². The zero-order valence-electron chi connectivity index (χ0n) is 17.9. The molecule has 1 heterocycles. The van der Waals surface area contributed by atoms with Gasteiger partial charge in [0.2, 0.25) is 5.95 Å². The number of carbonyl (C=O) groups excluding carboxylic acids is 1. The van der Waals surface area contributed by atoms with Crippen molar-refractivity contribution >= 4 is 51.2 Å². The predicted molar refractivity (Wildman–Crippen MR) is 135 cm³/mol. The van der Waals surface area contributed by atoms with Gasteiger partial charge in [0, 0.05) is 41.2 Å². The fraction of sp³-hybridized carbons (Fsp3) is 0.375. The molecule has 1 amide bonds. The summed E-state index contributed by atoms with van der Waals surface area (Å²) in [7, 11) is 4.02. The number of para-hydroxylation sites is 1. The van der Waals surface area contributed by atoms with Gasteiger partial charge in [-0.25, -0.2) is 4.98 Å². The van der Waals surface area contributed by atoms with Crippen LogP contribution < -0.4 is 15.5 Å². The first-order valence-electron chi connectivity index (χ1n) is 10.7. The molecule has 0 bridgehead atoms. The summed E-state index contributed by atoms with van der Waals surface area (Å²) in [6, 6.07) is 16.2. The van der Waals surface area contributed by atoms with Gasteiger partial charge in [-0.2, -0.15) is 4.98 Å². The van der Waals surface area contributed by atoms with E-state index in [1.54, 1.807) is 0 Å². The molecule has 1 fully saturated rings. The van der Waals surface area contributed by atoms with Gasteiger partial charge in [0.05, 0.1) is 5.52 Å². The number of aromatic nitrogens is 2. The Hall–Kier alpha value is -2.42. The van der Waals surface area contributed by atoms with E-state index in [4.69, 9.17) is 9.97 Å². The van der Waals surface area contributed by atoms with Crippen molar-refractivity contribution in [3.05, 3.63) is 57.7 Å². The first-order valence-corrected chi connectivity index (χ1v) is 11.8. The molecule has 3 aromatic rings. The van der Waals surface area contributed by atoms with Crippen molar-refractivity contribution in [2.24, 2.45) is 5.92 Å². The number of hydrogen-bond donors (Lipinski definition) is 2. The third kappa shape index (κ3) is 5.44. The molecular weight excluding hydrogens is 501 g/mol. The molecule has 1 aromatic heterocycles. The molecule has 7 heteroatoms. The Balaban J connectivity index is 1.31. The molecule has 31 heavy (non-hydrogen) atoms. The van der Waals surface area contributed by atoms with Crippen LogP contribution in [0.3, 0.4) is 0 Å². The Morgan fingerprint density at radius 1 is 1.03 bits per heavy atom. The minimum atomic E-state index is 0.0115. The van der Waals surface area contributed by atoms with Crippen LogP contribution in [0.5, 0.6) is 0 Å². The molecule has 6 nitrogen and oxygen atoms in total. The van der Waals surface area contributed by atoms with Crippen LogP contribution in [0.15, 0.2) is 48.5 Å². The SMILES string of the molecule is CN(C)c1nc(N[C@H]2CC[C@@H](CNC(=O)c3ccc(I)cc3)CC2)nc2ccccc12. The Morgan fingerprint density at radius 3 is 2.45 bits per heavy atom. The lowest BCUT2D eigenvalue weighted by molar-refractivity contribution is 0.0943. The first kappa shape index (κ1) is 21.8. The van der Waals surface area contributed by atoms with Crippen LogP contribution in [-0.4, -0.2) is 42.6 Å². The van der Waals surface area contributed by atoms with E-state index in [1.165, 1.54) is 0 Å². The van der Waals surface area contributed by atoms with Crippen LogP contribution in [0.1, 0.15) is 36.0 Å². The molecule has 1 aliphatic carbocycles. The molecule has 0 atom stereocenters. The standard InChI is InChI=1S/C24H28IN5O/c1-30(2)22-20-5-3-4-6-21(20)28-24(29-22)27-19-13-7-16(8-14-19)15-26-23(31)17-9-11-18(25)12-10-17/h3-6,9-12,16,19H,7-8,13-15H2,1-2H3,(H,26,31)(H,27,28,29)/t16-,19+. The van der Waals surface area contributed by atoms with E-state index < -0.39 is 0 Å². The van der Waals surface area contributed by atoms with Crippen LogP contribution in [0.2, 0.25) is 0 Å². The molecular formula is C24H28IN5O. The largest absolute Gasteiger partial charge is 0.362 e. The van der Waals surface area contributed by atoms with Gasteiger partial charge in [0.25, 0.3) is 5.91 Å². The van der Waals surface area contributed by atoms with Crippen molar-refractivity contribution in [2.45, 2.75) is 31.7 Å². The van der Waals surface area contributed by atoms with Crippen molar-refractivity contribution in [1.29, 1.82) is 0 Å². The second-order valence-corrected chi connectivity index (χ2v) is 9.61. The van der Waals surface area contributed by atoms with E-state index in [2.05, 4.69) is 39.3 Å². The monoisotopic (exact) mass is 529 g/mol. The number of nitrogens with zero attached hydrogens (tertiary/aromatic N) is 3. The maximum Gasteiger partial charge on any atom is 0.251 e. The number of benzene rings is 2. The third-order valence-corrected chi connectivity index (χ3v) is 6.56. The van der Waals surface area contributed by atoms with Crippen LogP contribution >= 0.6 is 22.6 Å². The van der Waals surface area contributed by atoms with Gasteiger partial charge in [-0.15, -0.1) is 0 Å². The minimum absolute atomic E-state index is 0.0115. The lowest BCUT2D eigenvalue weighted by atomic mass is 9.86. The molecule has 1 aliphatic rings. The summed E-state index contributed by atoms with van der Waals surface area (Å²) in [6.07, 6.45) is 4.27. The summed E-state index contributed by atoms with van der Waals surface area (Å²) in [5.41, 5.74) is 1.68. The van der Waals surface area contributed by atoms with Crippen molar-refractivity contribution in [3.63, 3.8) is 0 Å². The van der Waals surface area contributed by atoms with Gasteiger partial charge in [0.15, 0.2) is 0 Å². The zero-order chi connectivity index (χ0) is 21.8. The van der Waals surface area contributed by atoms with Crippen molar-refractivity contribution in [3.8, 4) is 0 Å². The van der Waals surface area contributed by atoms with Gasteiger partial charge in [-0.05, 0) is 90.6 Å². The Kier molecular flexibility index (Phi) is 6.89. The Labute approximate surface area is 197 Å². The highest BCUT2D eigenvalue weighted by molar-refractivity contribution is 14.1. The molecule has 2 aromatic carbocycles. The number of carbonyl (C=O) groups is 1. The van der Waals surface area contributed by atoms with Gasteiger partial charge in [0.1, 0.15) is 5.82 Å². The minimum Gasteiger partial charge on any atom is -0.362 e. The highest BCUT2D eigenvalue weighted by Gasteiger charge is 2.23. The summed E-state index contributed by atoms with van der Waals surface area (Å²) >= 11 is 2.25. The molecule has 162 valence electrons. The summed E-state index contributed by atoms with van der Waals surface area (Å²) < 4.78 is 1.13. The molecule has 0 aliphatic heterocycles. The lowest BCUT2D eigenvalue weighted by Crippen LogP contribution is -2.34. The molecule has 1 saturated carbocycles. The van der Waals surface area contributed by atoms with Crippen LogP contribution in [-0.2, 0) is 0 Å².